The lowest BCUT2D eigenvalue weighted by Gasteiger charge is -2.24. The molecule has 1 unspecified atom stereocenters. The largest absolute Gasteiger partial charge is 0.497 e. The van der Waals surface area contributed by atoms with Gasteiger partial charge in [-0.2, -0.15) is 0 Å². The molecule has 122 valence electrons. The van der Waals surface area contributed by atoms with Crippen molar-refractivity contribution in [2.45, 2.75) is 25.8 Å². The summed E-state index contributed by atoms with van der Waals surface area (Å²) in [5, 5.41) is 0. The van der Waals surface area contributed by atoms with Crippen LogP contribution in [0.3, 0.4) is 0 Å². The first-order valence-electron chi connectivity index (χ1n) is 7.51. The summed E-state index contributed by atoms with van der Waals surface area (Å²) >= 11 is 0. The Morgan fingerprint density at radius 1 is 1.00 bits per heavy atom. The van der Waals surface area contributed by atoms with Crippen LogP contribution >= 0.6 is 0 Å². The quantitative estimate of drug-likeness (QED) is 0.862. The lowest BCUT2D eigenvalue weighted by Crippen LogP contribution is -2.38. The maximum absolute atomic E-state index is 12.0. The molecule has 0 amide bonds. The Labute approximate surface area is 137 Å². The predicted molar refractivity (Wildman–Crippen MR) is 90.7 cm³/mol. The van der Waals surface area contributed by atoms with Crippen LogP contribution in [0.25, 0.3) is 0 Å². The van der Waals surface area contributed by atoms with Gasteiger partial charge in [0, 0.05) is 5.92 Å². The second-order valence-electron chi connectivity index (χ2n) is 5.72. The molecule has 2 rings (SSSR count). The summed E-state index contributed by atoms with van der Waals surface area (Å²) in [6.07, 6.45) is 0. The Hall–Kier alpha value is -2.33. The minimum absolute atomic E-state index is 0.295. The van der Waals surface area contributed by atoms with E-state index < -0.39 is 12.0 Å². The average Bonchev–Trinajstić information content (AvgIpc) is 2.53. The van der Waals surface area contributed by atoms with Crippen molar-refractivity contribution in [2.75, 3.05) is 14.2 Å². The maximum Gasteiger partial charge on any atom is 0.323 e. The van der Waals surface area contributed by atoms with Crippen molar-refractivity contribution in [3.8, 4) is 5.75 Å². The molecule has 2 aromatic carbocycles. The van der Waals surface area contributed by atoms with E-state index in [4.69, 9.17) is 15.2 Å². The Bertz CT molecular complexity index is 677. The number of benzene rings is 2. The molecule has 0 aliphatic heterocycles. The van der Waals surface area contributed by atoms with Crippen LogP contribution in [0.4, 0.5) is 0 Å². The summed E-state index contributed by atoms with van der Waals surface area (Å²) < 4.78 is 10.2. The van der Waals surface area contributed by atoms with Crippen LogP contribution in [0.15, 0.2) is 42.5 Å². The monoisotopic (exact) mass is 313 g/mol. The molecule has 0 saturated heterocycles. The second-order valence-corrected chi connectivity index (χ2v) is 5.72. The summed E-state index contributed by atoms with van der Waals surface area (Å²) in [6, 6.07) is 13.0. The lowest BCUT2D eigenvalue weighted by molar-refractivity contribution is -0.142. The highest BCUT2D eigenvalue weighted by Crippen LogP contribution is 2.31. The minimum Gasteiger partial charge on any atom is -0.497 e. The van der Waals surface area contributed by atoms with Crippen LogP contribution in [0.5, 0.6) is 5.75 Å². The number of nitrogens with two attached hydrogens (primary N) is 1. The first-order valence-corrected chi connectivity index (χ1v) is 7.51. The second kappa shape index (κ2) is 7.29. The van der Waals surface area contributed by atoms with Gasteiger partial charge in [0.05, 0.1) is 14.2 Å². The summed E-state index contributed by atoms with van der Waals surface area (Å²) in [5.41, 5.74) is 10.4. The van der Waals surface area contributed by atoms with Crippen LogP contribution in [-0.2, 0) is 9.53 Å². The number of methoxy groups -OCH3 is 2. The van der Waals surface area contributed by atoms with Gasteiger partial charge >= 0.3 is 5.97 Å². The third-order valence-electron chi connectivity index (χ3n) is 3.89. The van der Waals surface area contributed by atoms with E-state index >= 15 is 0 Å². The Kier molecular flexibility index (Phi) is 5.40. The zero-order valence-electron chi connectivity index (χ0n) is 14.0. The first-order chi connectivity index (χ1) is 11.0. The number of esters is 1. The lowest BCUT2D eigenvalue weighted by atomic mass is 9.84. The molecule has 0 aromatic heterocycles. The van der Waals surface area contributed by atoms with E-state index in [-0.39, 0.29) is 5.92 Å². The summed E-state index contributed by atoms with van der Waals surface area (Å²) in [7, 11) is 2.97. The molecule has 0 radical (unpaired) electrons. The molecule has 0 spiro atoms. The highest BCUT2D eigenvalue weighted by molar-refractivity contribution is 5.77. The van der Waals surface area contributed by atoms with Crippen molar-refractivity contribution in [1.29, 1.82) is 0 Å². The van der Waals surface area contributed by atoms with E-state index in [1.165, 1.54) is 7.11 Å². The number of rotatable bonds is 5. The molecule has 2 atom stereocenters. The molecule has 2 N–H and O–H groups in total. The predicted octanol–water partition coefficient (Wildman–Crippen LogP) is 2.94. The van der Waals surface area contributed by atoms with Gasteiger partial charge in [0.15, 0.2) is 0 Å². The molecular weight excluding hydrogens is 290 g/mol. The summed E-state index contributed by atoms with van der Waals surface area (Å²) in [6.45, 7) is 4.06. The van der Waals surface area contributed by atoms with E-state index in [9.17, 15) is 4.79 Å². The molecule has 0 aliphatic rings. The summed E-state index contributed by atoms with van der Waals surface area (Å²) in [5.74, 6) is 0.00192. The summed E-state index contributed by atoms with van der Waals surface area (Å²) in [4.78, 5) is 12.0. The highest BCUT2D eigenvalue weighted by atomic mass is 16.5. The van der Waals surface area contributed by atoms with E-state index in [0.717, 1.165) is 28.0 Å². The molecule has 0 bridgehead atoms. The van der Waals surface area contributed by atoms with Gasteiger partial charge in [0.2, 0.25) is 0 Å². The van der Waals surface area contributed by atoms with Crippen molar-refractivity contribution >= 4 is 5.97 Å². The van der Waals surface area contributed by atoms with Crippen molar-refractivity contribution < 1.29 is 14.3 Å². The van der Waals surface area contributed by atoms with Crippen LogP contribution < -0.4 is 10.5 Å². The molecule has 23 heavy (non-hydrogen) atoms. The normalized spacial score (nSPS) is 13.3. The van der Waals surface area contributed by atoms with E-state index in [1.807, 2.05) is 38.1 Å². The highest BCUT2D eigenvalue weighted by Gasteiger charge is 2.29. The SMILES string of the molecule is COC(=O)[C@@H](N)C(c1cc(C)cc(C)c1)c1cccc(OC)c1. The van der Waals surface area contributed by atoms with Crippen LogP contribution in [0.2, 0.25) is 0 Å². The van der Waals surface area contributed by atoms with E-state index in [0.29, 0.717) is 0 Å². The van der Waals surface area contributed by atoms with Gasteiger partial charge in [-0.3, -0.25) is 4.79 Å². The first kappa shape index (κ1) is 17.0. The van der Waals surface area contributed by atoms with Gasteiger partial charge in [-0.05, 0) is 37.1 Å². The molecule has 0 saturated carbocycles. The average molecular weight is 313 g/mol. The number of hydrogen-bond donors (Lipinski definition) is 1. The minimum atomic E-state index is -0.784. The van der Waals surface area contributed by atoms with Gasteiger partial charge in [-0.25, -0.2) is 0 Å². The van der Waals surface area contributed by atoms with Gasteiger partial charge in [-0.15, -0.1) is 0 Å². The smallest absolute Gasteiger partial charge is 0.323 e. The Balaban J connectivity index is 2.57. The van der Waals surface area contributed by atoms with E-state index in [2.05, 4.69) is 18.2 Å². The molecule has 0 aliphatic carbocycles. The number of hydrogen-bond acceptors (Lipinski definition) is 4. The Morgan fingerprint density at radius 2 is 1.65 bits per heavy atom. The number of carbonyl (C=O) groups is 1. The van der Waals surface area contributed by atoms with Crippen LogP contribution in [0, 0.1) is 13.8 Å². The van der Waals surface area contributed by atoms with Crippen LogP contribution in [0.1, 0.15) is 28.2 Å². The fraction of sp³-hybridized carbons (Fsp3) is 0.316. The molecule has 0 heterocycles. The zero-order chi connectivity index (χ0) is 17.0. The van der Waals surface area contributed by atoms with Crippen molar-refractivity contribution in [2.24, 2.45) is 5.73 Å². The van der Waals surface area contributed by atoms with Gasteiger partial charge in [-0.1, -0.05) is 41.5 Å². The Morgan fingerprint density at radius 3 is 2.22 bits per heavy atom. The number of aryl methyl sites for hydroxylation is 2. The van der Waals surface area contributed by atoms with Crippen LogP contribution in [-0.4, -0.2) is 26.2 Å². The molecule has 0 fully saturated rings. The number of ether oxygens (including phenoxy) is 2. The fourth-order valence-electron chi connectivity index (χ4n) is 2.90. The van der Waals surface area contributed by atoms with Crippen molar-refractivity contribution in [1.82, 2.24) is 0 Å². The van der Waals surface area contributed by atoms with Gasteiger partial charge in [0.25, 0.3) is 0 Å². The fourth-order valence-corrected chi connectivity index (χ4v) is 2.90. The standard InChI is InChI=1S/C19H23NO3/c1-12-8-13(2)10-15(9-12)17(18(20)19(21)23-4)14-6-5-7-16(11-14)22-3/h5-11,17-18H,20H2,1-4H3/t17?,18-/m0/s1. The molecule has 4 heteroatoms. The molecule has 4 nitrogen and oxygen atoms in total. The molecule has 2 aromatic rings. The van der Waals surface area contributed by atoms with Gasteiger partial charge in [0.1, 0.15) is 11.8 Å². The topological polar surface area (TPSA) is 61.5 Å². The number of carbonyl (C=O) groups excluding carboxylic acids is 1. The maximum atomic E-state index is 12.0. The van der Waals surface area contributed by atoms with Crippen molar-refractivity contribution in [3.63, 3.8) is 0 Å². The van der Waals surface area contributed by atoms with E-state index in [1.54, 1.807) is 7.11 Å². The zero-order valence-corrected chi connectivity index (χ0v) is 14.0. The molecular formula is C19H23NO3. The third-order valence-corrected chi connectivity index (χ3v) is 3.89. The van der Waals surface area contributed by atoms with Gasteiger partial charge < -0.3 is 15.2 Å². The van der Waals surface area contributed by atoms with Crippen molar-refractivity contribution in [3.05, 3.63) is 64.7 Å². The third kappa shape index (κ3) is 3.90.